The number of para-hydroxylation sites is 1. The van der Waals surface area contributed by atoms with E-state index in [4.69, 9.17) is 9.72 Å². The maximum atomic E-state index is 12.7. The molecule has 3 heterocycles. The molecule has 134 valence electrons. The van der Waals surface area contributed by atoms with Crippen molar-refractivity contribution in [1.82, 2.24) is 9.88 Å². The van der Waals surface area contributed by atoms with E-state index >= 15 is 0 Å². The van der Waals surface area contributed by atoms with Gasteiger partial charge in [0.1, 0.15) is 0 Å². The Morgan fingerprint density at radius 3 is 2.72 bits per heavy atom. The van der Waals surface area contributed by atoms with Crippen LogP contribution >= 0.6 is 11.3 Å². The van der Waals surface area contributed by atoms with Crippen molar-refractivity contribution < 1.29 is 9.53 Å². The molecule has 0 aliphatic carbocycles. The Morgan fingerprint density at radius 1 is 1.24 bits per heavy atom. The number of nitrogens with zero attached hydrogens (tertiary/aromatic N) is 3. The molecule has 0 unspecified atom stereocenters. The minimum Gasteiger partial charge on any atom is -0.378 e. The van der Waals surface area contributed by atoms with E-state index in [1.165, 1.54) is 10.3 Å². The smallest absolute Gasteiger partial charge is 0.225 e. The number of ether oxygens (including phenoxy) is 1. The maximum absolute atomic E-state index is 12.7. The summed E-state index contributed by atoms with van der Waals surface area (Å²) in [5, 5.41) is 1.10. The first-order chi connectivity index (χ1) is 12.3. The highest BCUT2D eigenvalue weighted by Crippen LogP contribution is 2.33. The lowest BCUT2D eigenvalue weighted by molar-refractivity contribution is -0.140. The molecule has 2 aliphatic rings. The fraction of sp³-hybridized carbons (Fsp3) is 0.579. The quantitative estimate of drug-likeness (QED) is 0.845. The summed E-state index contributed by atoms with van der Waals surface area (Å²) in [4.78, 5) is 21.9. The van der Waals surface area contributed by atoms with Gasteiger partial charge >= 0.3 is 0 Å². The number of piperidine rings is 1. The third kappa shape index (κ3) is 3.37. The Balaban J connectivity index is 1.42. The van der Waals surface area contributed by atoms with Crippen LogP contribution in [0.1, 0.15) is 25.3 Å². The van der Waals surface area contributed by atoms with Crippen LogP contribution in [0.25, 0.3) is 10.2 Å². The van der Waals surface area contributed by atoms with Gasteiger partial charge in [0.25, 0.3) is 0 Å². The monoisotopic (exact) mass is 359 g/mol. The molecule has 0 bridgehead atoms. The number of hydrogen-bond donors (Lipinski definition) is 0. The Bertz CT molecular complexity index is 746. The zero-order chi connectivity index (χ0) is 17.2. The van der Waals surface area contributed by atoms with Crippen LogP contribution in [0.15, 0.2) is 18.2 Å². The second kappa shape index (κ2) is 7.30. The molecule has 2 fully saturated rings. The second-order valence-corrected chi connectivity index (χ2v) is 7.82. The van der Waals surface area contributed by atoms with E-state index in [9.17, 15) is 4.79 Å². The maximum Gasteiger partial charge on any atom is 0.225 e. The average Bonchev–Trinajstić information content (AvgIpc) is 3.12. The number of rotatable bonds is 3. The molecule has 25 heavy (non-hydrogen) atoms. The second-order valence-electron chi connectivity index (χ2n) is 6.81. The van der Waals surface area contributed by atoms with Crippen molar-refractivity contribution in [2.75, 3.05) is 44.3 Å². The molecule has 0 radical (unpaired) electrons. The summed E-state index contributed by atoms with van der Waals surface area (Å²) < 4.78 is 6.62. The van der Waals surface area contributed by atoms with Crippen LogP contribution in [0.3, 0.4) is 0 Å². The van der Waals surface area contributed by atoms with E-state index in [1.807, 2.05) is 4.90 Å². The zero-order valence-corrected chi connectivity index (χ0v) is 15.6. The van der Waals surface area contributed by atoms with Crippen molar-refractivity contribution in [2.24, 2.45) is 5.92 Å². The molecular weight excluding hydrogens is 334 g/mol. The number of fused-ring (bicyclic) bond motifs is 1. The number of aryl methyl sites for hydroxylation is 1. The molecule has 0 spiro atoms. The van der Waals surface area contributed by atoms with Gasteiger partial charge in [-0.25, -0.2) is 4.98 Å². The molecule has 2 saturated heterocycles. The largest absolute Gasteiger partial charge is 0.378 e. The van der Waals surface area contributed by atoms with Gasteiger partial charge in [0.05, 0.1) is 23.4 Å². The van der Waals surface area contributed by atoms with E-state index < -0.39 is 0 Å². The molecule has 2 aromatic rings. The molecule has 1 aromatic carbocycles. The number of benzene rings is 1. The van der Waals surface area contributed by atoms with E-state index in [-0.39, 0.29) is 5.92 Å². The highest BCUT2D eigenvalue weighted by atomic mass is 32.1. The normalized spacial score (nSPS) is 19.6. The number of carbonyl (C=O) groups is 1. The number of thiazole rings is 1. The molecule has 5 nitrogen and oxygen atoms in total. The van der Waals surface area contributed by atoms with Gasteiger partial charge in [-0.2, -0.15) is 0 Å². The summed E-state index contributed by atoms with van der Waals surface area (Å²) >= 11 is 1.77. The summed E-state index contributed by atoms with van der Waals surface area (Å²) in [6.07, 6.45) is 2.86. The highest BCUT2D eigenvalue weighted by Gasteiger charge is 2.30. The van der Waals surface area contributed by atoms with Crippen LogP contribution in [0.5, 0.6) is 0 Å². The fourth-order valence-electron chi connectivity index (χ4n) is 3.77. The van der Waals surface area contributed by atoms with Crippen LogP contribution in [0, 0.1) is 5.92 Å². The van der Waals surface area contributed by atoms with Crippen LogP contribution < -0.4 is 4.90 Å². The minimum atomic E-state index is 0.162. The molecule has 2 aliphatic heterocycles. The SMILES string of the molecule is CCc1cccc2sc(N3CCC(C(=O)N4CCOCC4)CC3)nc12. The third-order valence-corrected chi connectivity index (χ3v) is 6.39. The Labute approximate surface area is 152 Å². The predicted molar refractivity (Wildman–Crippen MR) is 101 cm³/mol. The summed E-state index contributed by atoms with van der Waals surface area (Å²) in [7, 11) is 0. The van der Waals surface area contributed by atoms with E-state index in [0.29, 0.717) is 19.1 Å². The molecule has 0 N–H and O–H groups in total. The number of morpholine rings is 1. The van der Waals surface area contributed by atoms with Crippen molar-refractivity contribution in [3.05, 3.63) is 23.8 Å². The molecule has 0 saturated carbocycles. The van der Waals surface area contributed by atoms with Crippen LogP contribution in [0.2, 0.25) is 0 Å². The Morgan fingerprint density at radius 2 is 2.00 bits per heavy atom. The minimum absolute atomic E-state index is 0.162. The number of hydrogen-bond acceptors (Lipinski definition) is 5. The van der Waals surface area contributed by atoms with Crippen molar-refractivity contribution in [3.8, 4) is 0 Å². The summed E-state index contributed by atoms with van der Waals surface area (Å²) in [5.74, 6) is 0.482. The van der Waals surface area contributed by atoms with E-state index in [0.717, 1.165) is 56.1 Å². The number of amides is 1. The first kappa shape index (κ1) is 16.8. The molecule has 6 heteroatoms. The average molecular weight is 359 g/mol. The molecule has 0 atom stereocenters. The third-order valence-electron chi connectivity index (χ3n) is 5.31. The number of anilines is 1. The van der Waals surface area contributed by atoms with Gasteiger partial charge in [-0.05, 0) is 30.9 Å². The first-order valence-corrected chi connectivity index (χ1v) is 10.1. The van der Waals surface area contributed by atoms with Gasteiger partial charge in [-0.3, -0.25) is 4.79 Å². The number of aromatic nitrogens is 1. The zero-order valence-electron chi connectivity index (χ0n) is 14.7. The summed E-state index contributed by atoms with van der Waals surface area (Å²) in [6.45, 7) is 6.86. The molecular formula is C19H25N3O2S. The lowest BCUT2D eigenvalue weighted by atomic mass is 9.95. The van der Waals surface area contributed by atoms with Crippen molar-refractivity contribution in [1.29, 1.82) is 0 Å². The fourth-order valence-corrected chi connectivity index (χ4v) is 4.84. The lowest BCUT2D eigenvalue weighted by Crippen LogP contribution is -2.46. The Hall–Kier alpha value is -1.66. The topological polar surface area (TPSA) is 45.7 Å². The van der Waals surface area contributed by atoms with Gasteiger partial charge in [-0.1, -0.05) is 30.4 Å². The van der Waals surface area contributed by atoms with Crippen molar-refractivity contribution in [3.63, 3.8) is 0 Å². The van der Waals surface area contributed by atoms with Gasteiger partial charge < -0.3 is 14.5 Å². The summed E-state index contributed by atoms with van der Waals surface area (Å²) in [6, 6.07) is 6.44. The predicted octanol–water partition coefficient (Wildman–Crippen LogP) is 2.93. The van der Waals surface area contributed by atoms with Gasteiger partial charge in [-0.15, -0.1) is 0 Å². The Kier molecular flexibility index (Phi) is 4.90. The van der Waals surface area contributed by atoms with Gasteiger partial charge in [0.2, 0.25) is 5.91 Å². The van der Waals surface area contributed by atoms with Gasteiger partial charge in [0.15, 0.2) is 5.13 Å². The molecule has 1 aromatic heterocycles. The first-order valence-electron chi connectivity index (χ1n) is 9.26. The van der Waals surface area contributed by atoms with E-state index in [2.05, 4.69) is 30.0 Å². The van der Waals surface area contributed by atoms with E-state index in [1.54, 1.807) is 11.3 Å². The van der Waals surface area contributed by atoms with Crippen molar-refractivity contribution in [2.45, 2.75) is 26.2 Å². The number of carbonyl (C=O) groups excluding carboxylic acids is 1. The highest BCUT2D eigenvalue weighted by molar-refractivity contribution is 7.22. The standard InChI is InChI=1S/C19H25N3O2S/c1-2-14-4-3-5-16-17(14)20-19(25-16)22-8-6-15(7-9-22)18(23)21-10-12-24-13-11-21/h3-5,15H,2,6-13H2,1H3. The van der Waals surface area contributed by atoms with Gasteiger partial charge in [0, 0.05) is 32.1 Å². The van der Waals surface area contributed by atoms with Crippen LogP contribution in [-0.4, -0.2) is 55.2 Å². The summed E-state index contributed by atoms with van der Waals surface area (Å²) in [5.41, 5.74) is 2.47. The molecule has 4 rings (SSSR count). The van der Waals surface area contributed by atoms with Crippen LogP contribution in [0.4, 0.5) is 5.13 Å². The van der Waals surface area contributed by atoms with Crippen LogP contribution in [-0.2, 0) is 16.0 Å². The lowest BCUT2D eigenvalue weighted by Gasteiger charge is -2.35. The van der Waals surface area contributed by atoms with Crippen molar-refractivity contribution >= 4 is 32.6 Å². The molecule has 1 amide bonds.